The molecule has 2 amide bonds. The van der Waals surface area contributed by atoms with Gasteiger partial charge in [0.05, 0.1) is 24.7 Å². The Hall–Kier alpha value is -4.29. The van der Waals surface area contributed by atoms with Crippen molar-refractivity contribution < 1.29 is 14.0 Å². The number of piperazine rings is 1. The van der Waals surface area contributed by atoms with Crippen molar-refractivity contribution in [2.45, 2.75) is 19.0 Å². The highest BCUT2D eigenvalue weighted by Gasteiger charge is 2.43. The molecular weight excluding hydrogens is 553 g/mol. The lowest BCUT2D eigenvalue weighted by molar-refractivity contribution is -0.123. The van der Waals surface area contributed by atoms with E-state index in [1.807, 2.05) is 28.0 Å². The van der Waals surface area contributed by atoms with E-state index in [-0.39, 0.29) is 41.6 Å². The number of fused-ring (bicyclic) bond motifs is 1. The first-order valence-electron chi connectivity index (χ1n) is 13.2. The van der Waals surface area contributed by atoms with Crippen LogP contribution in [0.1, 0.15) is 12.0 Å². The lowest BCUT2D eigenvalue weighted by Crippen LogP contribution is -2.53. The molecule has 0 radical (unpaired) electrons. The SMILES string of the molecule is Cn1c(=O)c2c(nc(N3CCN(C4CC(=O)N(c5cccc(F)c5)C4=O)CC3)n2Cc2ccccc2Cl)n(C)c1=O. The summed E-state index contributed by atoms with van der Waals surface area (Å²) in [7, 11) is 3.01. The van der Waals surface area contributed by atoms with Crippen LogP contribution in [-0.2, 0) is 30.2 Å². The van der Waals surface area contributed by atoms with Gasteiger partial charge < -0.3 is 4.90 Å². The summed E-state index contributed by atoms with van der Waals surface area (Å²) in [5, 5.41) is 0.541. The van der Waals surface area contributed by atoms with Gasteiger partial charge in [-0.2, -0.15) is 4.98 Å². The average molecular weight is 580 g/mol. The molecule has 4 aromatic rings. The fraction of sp³-hybridized carbons (Fsp3) is 0.321. The smallest absolute Gasteiger partial charge is 0.332 e. The molecule has 0 aliphatic carbocycles. The van der Waals surface area contributed by atoms with Gasteiger partial charge in [-0.05, 0) is 29.8 Å². The van der Waals surface area contributed by atoms with E-state index in [1.54, 1.807) is 23.7 Å². The normalized spacial score (nSPS) is 18.2. The monoisotopic (exact) mass is 579 g/mol. The Balaban J connectivity index is 1.30. The van der Waals surface area contributed by atoms with E-state index < -0.39 is 23.1 Å². The number of nitrogens with zero attached hydrogens (tertiary/aromatic N) is 7. The minimum atomic E-state index is -0.650. The Labute approximate surface area is 238 Å². The molecule has 2 aliphatic rings. The zero-order chi connectivity index (χ0) is 29.0. The molecule has 0 bridgehead atoms. The molecule has 1 atom stereocenters. The molecule has 1 unspecified atom stereocenters. The van der Waals surface area contributed by atoms with Gasteiger partial charge in [0.1, 0.15) is 5.82 Å². The fourth-order valence-corrected chi connectivity index (χ4v) is 5.84. The van der Waals surface area contributed by atoms with Gasteiger partial charge in [0, 0.05) is 45.3 Å². The summed E-state index contributed by atoms with van der Waals surface area (Å²) in [6.07, 6.45) is 0.0124. The van der Waals surface area contributed by atoms with Crippen molar-refractivity contribution in [1.29, 1.82) is 0 Å². The molecule has 2 fully saturated rings. The number of aromatic nitrogens is 4. The first-order chi connectivity index (χ1) is 19.7. The van der Waals surface area contributed by atoms with E-state index in [2.05, 4.69) is 0 Å². The van der Waals surface area contributed by atoms with Gasteiger partial charge in [-0.25, -0.2) is 14.1 Å². The lowest BCUT2D eigenvalue weighted by Gasteiger charge is -2.37. The number of imidazole rings is 1. The van der Waals surface area contributed by atoms with Crippen LogP contribution in [0.5, 0.6) is 0 Å². The van der Waals surface area contributed by atoms with Crippen LogP contribution in [-0.4, -0.2) is 67.6 Å². The van der Waals surface area contributed by atoms with Crippen LogP contribution < -0.4 is 21.0 Å². The van der Waals surface area contributed by atoms with E-state index in [1.165, 1.54) is 29.8 Å². The van der Waals surface area contributed by atoms with E-state index in [0.717, 1.165) is 15.0 Å². The third kappa shape index (κ3) is 4.52. The van der Waals surface area contributed by atoms with Gasteiger partial charge in [0.25, 0.3) is 11.5 Å². The molecule has 0 saturated carbocycles. The maximum absolute atomic E-state index is 13.8. The van der Waals surface area contributed by atoms with Gasteiger partial charge in [0.2, 0.25) is 11.9 Å². The maximum atomic E-state index is 13.8. The third-order valence-electron chi connectivity index (χ3n) is 7.84. The first kappa shape index (κ1) is 26.9. The van der Waals surface area contributed by atoms with Crippen molar-refractivity contribution in [3.8, 4) is 0 Å². The van der Waals surface area contributed by atoms with Crippen LogP contribution in [0.3, 0.4) is 0 Å². The maximum Gasteiger partial charge on any atom is 0.332 e. The predicted molar refractivity (Wildman–Crippen MR) is 152 cm³/mol. The molecule has 212 valence electrons. The Morgan fingerprint density at radius 2 is 1.68 bits per heavy atom. The van der Waals surface area contributed by atoms with Crippen LogP contribution in [0.4, 0.5) is 16.0 Å². The highest BCUT2D eigenvalue weighted by molar-refractivity contribution is 6.31. The first-order valence-corrected chi connectivity index (χ1v) is 13.5. The van der Waals surface area contributed by atoms with Gasteiger partial charge in [0.15, 0.2) is 11.2 Å². The van der Waals surface area contributed by atoms with Gasteiger partial charge in [-0.1, -0.05) is 35.9 Å². The van der Waals surface area contributed by atoms with E-state index in [9.17, 15) is 23.6 Å². The van der Waals surface area contributed by atoms with Crippen LogP contribution in [0.2, 0.25) is 5.02 Å². The van der Waals surface area contributed by atoms with Crippen molar-refractivity contribution in [2.24, 2.45) is 14.1 Å². The molecule has 11 nitrogen and oxygen atoms in total. The van der Waals surface area contributed by atoms with Crippen molar-refractivity contribution in [3.63, 3.8) is 0 Å². The van der Waals surface area contributed by atoms with E-state index in [0.29, 0.717) is 37.1 Å². The minimum absolute atomic E-state index is 0.0124. The second-order valence-corrected chi connectivity index (χ2v) is 10.7. The molecule has 41 heavy (non-hydrogen) atoms. The third-order valence-corrected chi connectivity index (χ3v) is 8.21. The largest absolute Gasteiger partial charge is 0.340 e. The number of hydrogen-bond donors (Lipinski definition) is 0. The molecule has 0 N–H and O–H groups in total. The van der Waals surface area contributed by atoms with Crippen LogP contribution in [0, 0.1) is 5.82 Å². The van der Waals surface area contributed by atoms with Crippen molar-refractivity contribution >= 4 is 46.2 Å². The zero-order valence-electron chi connectivity index (χ0n) is 22.5. The summed E-state index contributed by atoms with van der Waals surface area (Å²) >= 11 is 6.46. The topological polar surface area (TPSA) is 106 Å². The fourth-order valence-electron chi connectivity index (χ4n) is 5.64. The molecule has 2 aliphatic heterocycles. The van der Waals surface area contributed by atoms with Crippen LogP contribution >= 0.6 is 11.6 Å². The van der Waals surface area contributed by atoms with Crippen molar-refractivity contribution in [1.82, 2.24) is 23.6 Å². The summed E-state index contributed by atoms with van der Waals surface area (Å²) in [5.41, 5.74) is 0.631. The number of carbonyl (C=O) groups excluding carboxylic acids is 2. The minimum Gasteiger partial charge on any atom is -0.340 e. The van der Waals surface area contributed by atoms with Crippen LogP contribution in [0.15, 0.2) is 58.1 Å². The molecule has 0 spiro atoms. The molecule has 2 aromatic carbocycles. The number of amides is 2. The number of halogens is 2. The highest BCUT2D eigenvalue weighted by atomic mass is 35.5. The molecule has 2 aromatic heterocycles. The Morgan fingerprint density at radius 3 is 2.39 bits per heavy atom. The zero-order valence-corrected chi connectivity index (χ0v) is 23.2. The molecule has 4 heterocycles. The van der Waals surface area contributed by atoms with Gasteiger partial charge in [-0.15, -0.1) is 0 Å². The van der Waals surface area contributed by atoms with Crippen molar-refractivity contribution in [2.75, 3.05) is 36.0 Å². The molecule has 13 heteroatoms. The summed E-state index contributed by atoms with van der Waals surface area (Å²) in [6, 6.07) is 12.1. The second-order valence-electron chi connectivity index (χ2n) is 10.3. The Kier molecular flexibility index (Phi) is 6.74. The molecule has 2 saturated heterocycles. The molecule has 6 rings (SSSR count). The average Bonchev–Trinajstić information content (AvgIpc) is 3.48. The second kappa shape index (κ2) is 10.3. The van der Waals surface area contributed by atoms with E-state index >= 15 is 0 Å². The number of carbonyl (C=O) groups is 2. The number of rotatable bonds is 5. The quantitative estimate of drug-likeness (QED) is 0.332. The van der Waals surface area contributed by atoms with Crippen molar-refractivity contribution in [3.05, 3.63) is 85.8 Å². The van der Waals surface area contributed by atoms with Crippen LogP contribution in [0.25, 0.3) is 11.2 Å². The summed E-state index contributed by atoms with van der Waals surface area (Å²) in [4.78, 5) is 61.7. The Bertz CT molecular complexity index is 1820. The number of anilines is 2. The summed E-state index contributed by atoms with van der Waals surface area (Å²) in [6.45, 7) is 2.08. The lowest BCUT2D eigenvalue weighted by atomic mass is 10.1. The summed E-state index contributed by atoms with van der Waals surface area (Å²) in [5.74, 6) is -0.759. The Morgan fingerprint density at radius 1 is 0.951 bits per heavy atom. The van der Waals surface area contributed by atoms with Gasteiger partial charge in [-0.3, -0.25) is 33.0 Å². The standard InChI is InChI=1S/C28H27ClFN7O4/c1-32-24-23(26(40)33(2)28(32)41)36(16-17-6-3-4-9-20(17)29)27(31-24)35-12-10-34(11-13-35)21-15-22(38)37(25(21)39)19-8-5-7-18(30)14-19/h3-9,14,21H,10-13,15-16H2,1-2H3. The number of benzene rings is 2. The highest BCUT2D eigenvalue weighted by Crippen LogP contribution is 2.29. The number of aryl methyl sites for hydroxylation is 1. The van der Waals surface area contributed by atoms with Gasteiger partial charge >= 0.3 is 5.69 Å². The van der Waals surface area contributed by atoms with E-state index in [4.69, 9.17) is 16.6 Å². The number of hydrogen-bond acceptors (Lipinski definition) is 7. The predicted octanol–water partition coefficient (Wildman–Crippen LogP) is 1.73. The number of imide groups is 1. The summed E-state index contributed by atoms with van der Waals surface area (Å²) < 4.78 is 18.0. The molecular formula is C28H27ClFN7O4.